The molecule has 0 bridgehead atoms. The first-order valence-corrected chi connectivity index (χ1v) is 7.90. The van der Waals surface area contributed by atoms with Crippen LogP contribution in [0.25, 0.3) is 0 Å². The zero-order valence-electron chi connectivity index (χ0n) is 12.7. The van der Waals surface area contributed by atoms with Crippen LogP contribution in [0.1, 0.15) is 49.6 Å². The van der Waals surface area contributed by atoms with Gasteiger partial charge in [-0.05, 0) is 44.6 Å². The molecule has 4 heteroatoms. The summed E-state index contributed by atoms with van der Waals surface area (Å²) in [5.74, 6) is 1.61. The van der Waals surface area contributed by atoms with E-state index in [0.29, 0.717) is 4.99 Å². The van der Waals surface area contributed by atoms with Gasteiger partial charge in [-0.2, -0.15) is 0 Å². The fourth-order valence-electron chi connectivity index (χ4n) is 3.28. The van der Waals surface area contributed by atoms with Crippen LogP contribution in [0.15, 0.2) is 6.07 Å². The van der Waals surface area contributed by atoms with Gasteiger partial charge in [-0.1, -0.05) is 32.0 Å². The number of thiocarbonyl (C=S) groups is 1. The summed E-state index contributed by atoms with van der Waals surface area (Å²) in [6, 6.07) is 2.05. The molecule has 3 N–H and O–H groups in total. The van der Waals surface area contributed by atoms with E-state index in [9.17, 15) is 0 Å². The lowest BCUT2D eigenvalue weighted by molar-refractivity contribution is 0.293. The Hall–Kier alpha value is -1.16. The van der Waals surface area contributed by atoms with Crippen LogP contribution in [0.3, 0.4) is 0 Å². The minimum atomic E-state index is 0.425. The Labute approximate surface area is 127 Å². The van der Waals surface area contributed by atoms with E-state index in [4.69, 9.17) is 18.0 Å². The SMILES string of the molecule is Cc1cc(NCC2CCCC(C)C2)c(C(N)=S)c(C)n1. The third kappa shape index (κ3) is 3.69. The quantitative estimate of drug-likeness (QED) is 0.833. The van der Waals surface area contributed by atoms with E-state index in [1.807, 2.05) is 19.9 Å². The highest BCUT2D eigenvalue weighted by atomic mass is 32.1. The van der Waals surface area contributed by atoms with Gasteiger partial charge >= 0.3 is 0 Å². The second-order valence-corrected chi connectivity index (χ2v) is 6.59. The Kier molecular flexibility index (Phi) is 4.97. The average Bonchev–Trinajstić information content (AvgIpc) is 2.35. The molecule has 2 unspecified atom stereocenters. The number of aryl methyl sites for hydroxylation is 2. The van der Waals surface area contributed by atoms with Gasteiger partial charge in [0, 0.05) is 23.6 Å². The van der Waals surface area contributed by atoms with Crippen molar-refractivity contribution in [3.05, 3.63) is 23.0 Å². The number of aromatic nitrogens is 1. The number of hydrogen-bond donors (Lipinski definition) is 2. The normalized spacial score (nSPS) is 22.6. The highest BCUT2D eigenvalue weighted by molar-refractivity contribution is 7.80. The number of nitrogens with two attached hydrogens (primary N) is 1. The van der Waals surface area contributed by atoms with Crippen LogP contribution < -0.4 is 11.1 Å². The summed E-state index contributed by atoms with van der Waals surface area (Å²) in [7, 11) is 0. The number of hydrogen-bond acceptors (Lipinski definition) is 3. The highest BCUT2D eigenvalue weighted by Crippen LogP contribution is 2.29. The van der Waals surface area contributed by atoms with Crippen molar-refractivity contribution in [2.75, 3.05) is 11.9 Å². The van der Waals surface area contributed by atoms with Gasteiger partial charge in [0.25, 0.3) is 0 Å². The number of nitrogens with one attached hydrogen (secondary N) is 1. The molecule has 1 saturated carbocycles. The molecule has 0 amide bonds. The van der Waals surface area contributed by atoms with Crippen molar-refractivity contribution in [1.82, 2.24) is 4.98 Å². The van der Waals surface area contributed by atoms with E-state index in [1.54, 1.807) is 0 Å². The zero-order chi connectivity index (χ0) is 14.7. The molecular formula is C16H25N3S. The van der Waals surface area contributed by atoms with Gasteiger partial charge in [-0.25, -0.2) is 0 Å². The first-order chi connectivity index (χ1) is 9.47. The van der Waals surface area contributed by atoms with E-state index >= 15 is 0 Å². The Morgan fingerprint density at radius 1 is 1.45 bits per heavy atom. The molecule has 0 saturated heterocycles. The average molecular weight is 291 g/mol. The zero-order valence-corrected chi connectivity index (χ0v) is 13.5. The molecule has 20 heavy (non-hydrogen) atoms. The predicted molar refractivity (Wildman–Crippen MR) is 89.2 cm³/mol. The Bertz CT molecular complexity index is 499. The highest BCUT2D eigenvalue weighted by Gasteiger charge is 2.19. The van der Waals surface area contributed by atoms with Crippen LogP contribution in [0.4, 0.5) is 5.69 Å². The Morgan fingerprint density at radius 3 is 2.85 bits per heavy atom. The molecule has 110 valence electrons. The molecule has 1 aliphatic rings. The van der Waals surface area contributed by atoms with E-state index in [0.717, 1.165) is 41.0 Å². The van der Waals surface area contributed by atoms with Gasteiger partial charge in [0.2, 0.25) is 0 Å². The van der Waals surface area contributed by atoms with E-state index < -0.39 is 0 Å². The van der Waals surface area contributed by atoms with Gasteiger partial charge in [0.1, 0.15) is 4.99 Å². The second kappa shape index (κ2) is 6.53. The summed E-state index contributed by atoms with van der Waals surface area (Å²) in [5, 5.41) is 3.56. The molecule has 2 atom stereocenters. The van der Waals surface area contributed by atoms with Crippen LogP contribution in [0, 0.1) is 25.7 Å². The monoisotopic (exact) mass is 291 g/mol. The minimum Gasteiger partial charge on any atom is -0.389 e. The third-order valence-corrected chi connectivity index (χ3v) is 4.41. The van der Waals surface area contributed by atoms with Crippen molar-refractivity contribution in [1.29, 1.82) is 0 Å². The summed E-state index contributed by atoms with van der Waals surface area (Å²) in [4.78, 5) is 4.88. The summed E-state index contributed by atoms with van der Waals surface area (Å²) in [6.07, 6.45) is 5.37. The van der Waals surface area contributed by atoms with Crippen molar-refractivity contribution in [3.8, 4) is 0 Å². The molecule has 1 aromatic heterocycles. The van der Waals surface area contributed by atoms with Crippen molar-refractivity contribution in [2.45, 2.75) is 46.5 Å². The lowest BCUT2D eigenvalue weighted by Crippen LogP contribution is -2.23. The van der Waals surface area contributed by atoms with Crippen molar-refractivity contribution in [3.63, 3.8) is 0 Å². The van der Waals surface area contributed by atoms with Gasteiger partial charge in [-0.3, -0.25) is 4.98 Å². The molecule has 3 nitrogen and oxygen atoms in total. The molecule has 0 radical (unpaired) electrons. The Balaban J connectivity index is 2.10. The number of rotatable bonds is 4. The maximum atomic E-state index is 5.85. The molecule has 1 aliphatic carbocycles. The number of nitrogens with zero attached hydrogens (tertiary/aromatic N) is 1. The summed E-state index contributed by atoms with van der Waals surface area (Å²) in [6.45, 7) is 7.33. The fourth-order valence-corrected chi connectivity index (χ4v) is 3.54. The number of anilines is 1. The molecule has 1 fully saturated rings. The molecule has 2 rings (SSSR count). The number of pyridine rings is 1. The van der Waals surface area contributed by atoms with E-state index in [2.05, 4.69) is 17.2 Å². The second-order valence-electron chi connectivity index (χ2n) is 6.15. The van der Waals surface area contributed by atoms with Crippen LogP contribution in [0.2, 0.25) is 0 Å². The van der Waals surface area contributed by atoms with E-state index in [1.165, 1.54) is 25.7 Å². The van der Waals surface area contributed by atoms with Crippen molar-refractivity contribution >= 4 is 22.9 Å². The van der Waals surface area contributed by atoms with Crippen LogP contribution in [-0.2, 0) is 0 Å². The van der Waals surface area contributed by atoms with Gasteiger partial charge < -0.3 is 11.1 Å². The molecule has 0 aliphatic heterocycles. The lowest BCUT2D eigenvalue weighted by Gasteiger charge is -2.27. The first-order valence-electron chi connectivity index (χ1n) is 7.49. The third-order valence-electron chi connectivity index (χ3n) is 4.20. The van der Waals surface area contributed by atoms with Crippen LogP contribution >= 0.6 is 12.2 Å². The van der Waals surface area contributed by atoms with E-state index in [-0.39, 0.29) is 0 Å². The lowest BCUT2D eigenvalue weighted by atomic mass is 9.82. The first kappa shape index (κ1) is 15.2. The van der Waals surface area contributed by atoms with Gasteiger partial charge in [0.15, 0.2) is 0 Å². The van der Waals surface area contributed by atoms with Crippen LogP contribution in [-0.4, -0.2) is 16.5 Å². The summed E-state index contributed by atoms with van der Waals surface area (Å²) in [5.41, 5.74) is 9.70. The standard InChI is InChI=1S/C16H25N3S/c1-10-5-4-6-13(7-10)9-18-14-8-11(2)19-12(3)15(14)16(17)20/h8,10,13H,4-7,9H2,1-3H3,(H2,17,20)(H,18,19). The summed E-state index contributed by atoms with van der Waals surface area (Å²) >= 11 is 5.17. The molecule has 0 spiro atoms. The van der Waals surface area contributed by atoms with Crippen LogP contribution in [0.5, 0.6) is 0 Å². The maximum absolute atomic E-state index is 5.85. The molecule has 0 aromatic carbocycles. The minimum absolute atomic E-state index is 0.425. The summed E-state index contributed by atoms with van der Waals surface area (Å²) < 4.78 is 0. The van der Waals surface area contributed by atoms with Gasteiger partial charge in [0.05, 0.1) is 5.56 Å². The Morgan fingerprint density at radius 2 is 2.20 bits per heavy atom. The fraction of sp³-hybridized carbons (Fsp3) is 0.625. The maximum Gasteiger partial charge on any atom is 0.107 e. The largest absolute Gasteiger partial charge is 0.389 e. The molecule has 1 aromatic rings. The smallest absolute Gasteiger partial charge is 0.107 e. The van der Waals surface area contributed by atoms with Crippen molar-refractivity contribution in [2.24, 2.45) is 17.6 Å². The molecule has 1 heterocycles. The topological polar surface area (TPSA) is 50.9 Å². The van der Waals surface area contributed by atoms with Crippen molar-refractivity contribution < 1.29 is 0 Å². The molecular weight excluding hydrogens is 266 g/mol. The predicted octanol–water partition coefficient (Wildman–Crippen LogP) is 3.57. The van der Waals surface area contributed by atoms with Gasteiger partial charge in [-0.15, -0.1) is 0 Å².